The maximum atomic E-state index is 10.5. The molecular formula is C24H28N2O2. The van der Waals surface area contributed by atoms with E-state index < -0.39 is 0 Å². The Morgan fingerprint density at radius 2 is 1.64 bits per heavy atom. The Labute approximate surface area is 166 Å². The number of nitrogens with zero attached hydrogens (tertiary/aromatic N) is 2. The zero-order valence-electron chi connectivity index (χ0n) is 16.2. The van der Waals surface area contributed by atoms with Gasteiger partial charge in [0.15, 0.2) is 0 Å². The van der Waals surface area contributed by atoms with Gasteiger partial charge in [-0.2, -0.15) is 0 Å². The highest BCUT2D eigenvalue weighted by molar-refractivity contribution is 5.87. The number of phenols is 1. The van der Waals surface area contributed by atoms with Gasteiger partial charge in [0, 0.05) is 50.9 Å². The van der Waals surface area contributed by atoms with E-state index in [4.69, 9.17) is 0 Å². The van der Waals surface area contributed by atoms with Crippen molar-refractivity contribution in [1.82, 2.24) is 9.80 Å². The molecule has 1 saturated heterocycles. The number of phenolic OH excluding ortho intramolecular Hbond substituents is 1. The van der Waals surface area contributed by atoms with Gasteiger partial charge in [0.25, 0.3) is 0 Å². The third kappa shape index (κ3) is 4.20. The molecule has 0 amide bonds. The second kappa shape index (κ2) is 8.74. The lowest BCUT2D eigenvalue weighted by Crippen LogP contribution is -2.52. The summed E-state index contributed by atoms with van der Waals surface area (Å²) < 4.78 is 0. The van der Waals surface area contributed by atoms with Crippen molar-refractivity contribution in [2.75, 3.05) is 26.2 Å². The van der Waals surface area contributed by atoms with Gasteiger partial charge in [-0.05, 0) is 28.8 Å². The molecule has 3 aromatic carbocycles. The smallest absolute Gasteiger partial charge is 0.120 e. The summed E-state index contributed by atoms with van der Waals surface area (Å²) >= 11 is 0. The standard InChI is InChI=1S/C24H28N2O2/c27-15-12-21-17-25(13-14-26(21)16-19-6-2-1-3-7-19)18-23-22-9-5-4-8-20(22)10-11-24(23)28/h1-11,21,27-28H,12-18H2. The second-order valence-corrected chi connectivity index (χ2v) is 7.64. The summed E-state index contributed by atoms with van der Waals surface area (Å²) in [5, 5.41) is 22.3. The van der Waals surface area contributed by atoms with Crippen LogP contribution >= 0.6 is 0 Å². The van der Waals surface area contributed by atoms with E-state index >= 15 is 0 Å². The SMILES string of the molecule is OCCC1CN(Cc2c(O)ccc3ccccc23)CCN1Cc1ccccc1. The molecule has 146 valence electrons. The van der Waals surface area contributed by atoms with Crippen LogP contribution in [0.2, 0.25) is 0 Å². The molecule has 1 fully saturated rings. The molecule has 4 rings (SSSR count). The van der Waals surface area contributed by atoms with Crippen molar-refractivity contribution >= 4 is 10.8 Å². The van der Waals surface area contributed by atoms with Crippen LogP contribution in [0.25, 0.3) is 10.8 Å². The van der Waals surface area contributed by atoms with Crippen LogP contribution in [-0.2, 0) is 13.1 Å². The molecule has 1 aliphatic rings. The summed E-state index contributed by atoms with van der Waals surface area (Å²) in [5.74, 6) is 0.365. The Hall–Kier alpha value is -2.40. The van der Waals surface area contributed by atoms with Gasteiger partial charge < -0.3 is 10.2 Å². The van der Waals surface area contributed by atoms with Crippen molar-refractivity contribution in [2.24, 2.45) is 0 Å². The summed E-state index contributed by atoms with van der Waals surface area (Å²) in [6.07, 6.45) is 0.769. The predicted molar refractivity (Wildman–Crippen MR) is 113 cm³/mol. The number of hydrogen-bond acceptors (Lipinski definition) is 4. The molecule has 0 bridgehead atoms. The maximum absolute atomic E-state index is 10.5. The molecule has 4 heteroatoms. The van der Waals surface area contributed by atoms with Crippen LogP contribution in [-0.4, -0.2) is 52.3 Å². The third-order valence-electron chi connectivity index (χ3n) is 5.78. The number of benzene rings is 3. The van der Waals surface area contributed by atoms with Crippen molar-refractivity contribution in [1.29, 1.82) is 0 Å². The summed E-state index contributed by atoms with van der Waals surface area (Å²) in [4.78, 5) is 4.88. The lowest BCUT2D eigenvalue weighted by atomic mass is 10.0. The van der Waals surface area contributed by atoms with Gasteiger partial charge in [0.05, 0.1) is 0 Å². The first-order chi connectivity index (χ1) is 13.7. The Balaban J connectivity index is 1.50. The van der Waals surface area contributed by atoms with Gasteiger partial charge in [0.2, 0.25) is 0 Å². The number of piperazine rings is 1. The molecule has 4 nitrogen and oxygen atoms in total. The molecule has 0 radical (unpaired) electrons. The van der Waals surface area contributed by atoms with E-state index in [0.717, 1.165) is 55.5 Å². The van der Waals surface area contributed by atoms with Gasteiger partial charge in [-0.25, -0.2) is 0 Å². The molecule has 3 aromatic rings. The number of aromatic hydroxyl groups is 1. The van der Waals surface area contributed by atoms with E-state index in [1.807, 2.05) is 24.3 Å². The normalized spacial score (nSPS) is 18.5. The first kappa shape index (κ1) is 18.9. The highest BCUT2D eigenvalue weighted by atomic mass is 16.3. The highest BCUT2D eigenvalue weighted by Gasteiger charge is 2.27. The molecule has 0 saturated carbocycles. The van der Waals surface area contributed by atoms with Gasteiger partial charge in [0.1, 0.15) is 5.75 Å². The Kier molecular flexibility index (Phi) is 5.91. The van der Waals surface area contributed by atoms with Crippen molar-refractivity contribution in [2.45, 2.75) is 25.6 Å². The van der Waals surface area contributed by atoms with E-state index in [1.54, 1.807) is 6.07 Å². The quantitative estimate of drug-likeness (QED) is 0.690. The van der Waals surface area contributed by atoms with Crippen molar-refractivity contribution in [3.8, 4) is 5.75 Å². The minimum absolute atomic E-state index is 0.198. The van der Waals surface area contributed by atoms with Gasteiger partial charge in [-0.3, -0.25) is 9.80 Å². The molecule has 2 N–H and O–H groups in total. The molecule has 28 heavy (non-hydrogen) atoms. The largest absolute Gasteiger partial charge is 0.508 e. The summed E-state index contributed by atoms with van der Waals surface area (Å²) in [7, 11) is 0. The van der Waals surface area contributed by atoms with Crippen molar-refractivity contribution < 1.29 is 10.2 Å². The zero-order chi connectivity index (χ0) is 19.3. The first-order valence-corrected chi connectivity index (χ1v) is 10.1. The molecule has 1 atom stereocenters. The lowest BCUT2D eigenvalue weighted by molar-refractivity contribution is 0.0498. The molecule has 0 spiro atoms. The van der Waals surface area contributed by atoms with E-state index in [2.05, 4.69) is 46.2 Å². The van der Waals surface area contributed by atoms with Crippen LogP contribution in [0.5, 0.6) is 5.75 Å². The Bertz CT molecular complexity index is 913. The summed E-state index contributed by atoms with van der Waals surface area (Å²) in [6.45, 7) is 4.66. The predicted octanol–water partition coefficient (Wildman–Crippen LogP) is 3.61. The van der Waals surface area contributed by atoms with Gasteiger partial charge in [-0.1, -0.05) is 60.7 Å². The van der Waals surface area contributed by atoms with Crippen LogP contribution < -0.4 is 0 Å². The van der Waals surface area contributed by atoms with Crippen LogP contribution in [0.15, 0.2) is 66.7 Å². The van der Waals surface area contributed by atoms with Crippen LogP contribution in [0.1, 0.15) is 17.5 Å². The van der Waals surface area contributed by atoms with E-state index in [0.29, 0.717) is 11.8 Å². The number of hydrogen-bond donors (Lipinski definition) is 2. The van der Waals surface area contributed by atoms with E-state index in [9.17, 15) is 10.2 Å². The average molecular weight is 377 g/mol. The monoisotopic (exact) mass is 376 g/mol. The fourth-order valence-corrected chi connectivity index (χ4v) is 4.26. The average Bonchev–Trinajstić information content (AvgIpc) is 2.73. The number of aliphatic hydroxyl groups excluding tert-OH is 1. The second-order valence-electron chi connectivity index (χ2n) is 7.64. The van der Waals surface area contributed by atoms with Crippen LogP contribution in [0, 0.1) is 0 Å². The van der Waals surface area contributed by atoms with Crippen LogP contribution in [0.4, 0.5) is 0 Å². The summed E-state index contributed by atoms with van der Waals surface area (Å²) in [5.41, 5.74) is 2.31. The molecular weight excluding hydrogens is 348 g/mol. The fraction of sp³-hybridized carbons (Fsp3) is 0.333. The molecule has 1 heterocycles. The topological polar surface area (TPSA) is 46.9 Å². The molecule has 1 unspecified atom stereocenters. The minimum atomic E-state index is 0.198. The number of fused-ring (bicyclic) bond motifs is 1. The Morgan fingerprint density at radius 3 is 2.46 bits per heavy atom. The molecule has 1 aliphatic heterocycles. The number of rotatable bonds is 6. The summed E-state index contributed by atoms with van der Waals surface area (Å²) in [6, 6.07) is 22.8. The first-order valence-electron chi connectivity index (χ1n) is 10.1. The van der Waals surface area contributed by atoms with Crippen LogP contribution in [0.3, 0.4) is 0 Å². The van der Waals surface area contributed by atoms with Crippen molar-refractivity contribution in [3.05, 3.63) is 77.9 Å². The molecule has 0 aliphatic carbocycles. The third-order valence-corrected chi connectivity index (χ3v) is 5.78. The van der Waals surface area contributed by atoms with Gasteiger partial charge >= 0.3 is 0 Å². The van der Waals surface area contributed by atoms with Crippen molar-refractivity contribution in [3.63, 3.8) is 0 Å². The minimum Gasteiger partial charge on any atom is -0.508 e. The zero-order valence-corrected chi connectivity index (χ0v) is 16.2. The highest BCUT2D eigenvalue weighted by Crippen LogP contribution is 2.29. The lowest BCUT2D eigenvalue weighted by Gasteiger charge is -2.41. The Morgan fingerprint density at radius 1 is 0.857 bits per heavy atom. The fourth-order valence-electron chi connectivity index (χ4n) is 4.26. The number of aliphatic hydroxyl groups is 1. The van der Waals surface area contributed by atoms with E-state index in [1.165, 1.54) is 5.56 Å². The molecule has 0 aromatic heterocycles. The van der Waals surface area contributed by atoms with Gasteiger partial charge in [-0.15, -0.1) is 0 Å². The maximum Gasteiger partial charge on any atom is 0.120 e. The van der Waals surface area contributed by atoms with E-state index in [-0.39, 0.29) is 6.61 Å².